The van der Waals surface area contributed by atoms with E-state index in [1.165, 1.54) is 0 Å². The van der Waals surface area contributed by atoms with Gasteiger partial charge in [-0.3, -0.25) is 9.78 Å². The van der Waals surface area contributed by atoms with Crippen LogP contribution in [0.1, 0.15) is 27.2 Å². The van der Waals surface area contributed by atoms with E-state index in [1.54, 1.807) is 6.07 Å². The van der Waals surface area contributed by atoms with Gasteiger partial charge in [-0.25, -0.2) is 4.98 Å². The van der Waals surface area contributed by atoms with Crippen molar-refractivity contribution in [1.82, 2.24) is 15.0 Å². The Hall–Kier alpha value is -4.07. The minimum absolute atomic E-state index is 0.00485. The van der Waals surface area contributed by atoms with E-state index in [-0.39, 0.29) is 25.4 Å². The van der Waals surface area contributed by atoms with E-state index in [1.807, 2.05) is 74.5 Å². The third-order valence-corrected chi connectivity index (χ3v) is 6.20. The average Bonchev–Trinajstić information content (AvgIpc) is 3.29. The number of aliphatic hydroxyl groups excluding tert-OH is 2. The molecule has 5 rings (SSSR count). The molecule has 0 radical (unpaired) electrons. The normalized spacial score (nSPS) is 12.2. The maximum atomic E-state index is 13.0. The number of Topliss-reactive ketones (excluding diaryl/α,β-unsaturated/α-hetero) is 1. The number of aromatic nitrogens is 3. The van der Waals surface area contributed by atoms with Gasteiger partial charge in [0.2, 0.25) is 0 Å². The van der Waals surface area contributed by atoms with E-state index in [0.717, 1.165) is 44.3 Å². The van der Waals surface area contributed by atoms with Crippen molar-refractivity contribution >= 4 is 27.7 Å². The molecule has 0 aliphatic rings. The van der Waals surface area contributed by atoms with Crippen LogP contribution in [0.4, 0.5) is 0 Å². The molecule has 0 aliphatic heterocycles. The molecule has 5 aromatic rings. The zero-order valence-corrected chi connectivity index (χ0v) is 20.2. The number of hydrogen-bond acceptors (Lipinski definition) is 6. The molecule has 0 saturated heterocycles. The summed E-state index contributed by atoms with van der Waals surface area (Å²) in [4.78, 5) is 25.8. The number of para-hydroxylation sites is 1. The lowest BCUT2D eigenvalue weighted by atomic mass is 10.0. The summed E-state index contributed by atoms with van der Waals surface area (Å²) in [5, 5.41) is 19.6. The number of pyridine rings is 1. The van der Waals surface area contributed by atoms with Crippen molar-refractivity contribution in [1.29, 1.82) is 0 Å². The van der Waals surface area contributed by atoms with E-state index in [0.29, 0.717) is 17.1 Å². The Morgan fingerprint density at radius 3 is 2.53 bits per heavy atom. The van der Waals surface area contributed by atoms with E-state index in [9.17, 15) is 9.90 Å². The molecule has 182 valence electrons. The summed E-state index contributed by atoms with van der Waals surface area (Å²) < 4.78 is 5.60. The number of carbonyl (C=O) groups is 1. The fourth-order valence-electron chi connectivity index (χ4n) is 4.40. The summed E-state index contributed by atoms with van der Waals surface area (Å²) in [5.41, 5.74) is 6.65. The Kier molecular flexibility index (Phi) is 6.50. The highest BCUT2D eigenvalue weighted by atomic mass is 16.5. The largest absolute Gasteiger partial charge is 0.491 e. The molecule has 0 spiro atoms. The molecule has 0 unspecified atom stereocenters. The molecule has 0 saturated carbocycles. The number of rotatable bonds is 8. The van der Waals surface area contributed by atoms with E-state index < -0.39 is 6.10 Å². The lowest BCUT2D eigenvalue weighted by molar-refractivity contribution is 0.0536. The molecular weight excluding hydrogens is 454 g/mol. The van der Waals surface area contributed by atoms with Crippen LogP contribution >= 0.6 is 0 Å². The number of benzene rings is 3. The molecule has 0 bridgehead atoms. The van der Waals surface area contributed by atoms with Crippen LogP contribution in [-0.2, 0) is 6.42 Å². The minimum atomic E-state index is -0.922. The highest BCUT2D eigenvalue weighted by molar-refractivity contribution is 6.00. The van der Waals surface area contributed by atoms with Crippen molar-refractivity contribution in [3.63, 3.8) is 0 Å². The molecule has 36 heavy (non-hydrogen) atoms. The predicted molar refractivity (Wildman–Crippen MR) is 139 cm³/mol. The minimum Gasteiger partial charge on any atom is -0.491 e. The van der Waals surface area contributed by atoms with Crippen molar-refractivity contribution in [3.05, 3.63) is 89.1 Å². The van der Waals surface area contributed by atoms with Gasteiger partial charge in [-0.05, 0) is 67.4 Å². The van der Waals surface area contributed by atoms with Crippen molar-refractivity contribution < 1.29 is 19.7 Å². The Balaban J connectivity index is 1.38. The monoisotopic (exact) mass is 481 g/mol. The van der Waals surface area contributed by atoms with E-state index in [4.69, 9.17) is 14.8 Å². The number of carbonyl (C=O) groups excluding carboxylic acids is 1. The summed E-state index contributed by atoms with van der Waals surface area (Å²) >= 11 is 0. The number of hydrogen-bond donors (Lipinski definition) is 3. The standard InChI is InChI=1S/C29H27N3O4/c1-17-11-23(36-16-22(34)15-33)12-18(2)28(17)29-31-25-10-8-20(13-26(25)32-29)27(35)14-21-9-7-19-5-3-4-6-24(19)30-21/h3-13,22,33-34H,14-16H2,1-2H3,(H,31,32)/t22-/m0/s1. The Morgan fingerprint density at radius 1 is 0.972 bits per heavy atom. The van der Waals surface area contributed by atoms with Gasteiger partial charge in [0.1, 0.15) is 24.3 Å². The lowest BCUT2D eigenvalue weighted by Gasteiger charge is -2.13. The third kappa shape index (κ3) is 4.84. The van der Waals surface area contributed by atoms with Gasteiger partial charge >= 0.3 is 0 Å². The lowest BCUT2D eigenvalue weighted by Crippen LogP contribution is -2.21. The highest BCUT2D eigenvalue weighted by Crippen LogP contribution is 2.31. The van der Waals surface area contributed by atoms with Gasteiger partial charge in [-0.2, -0.15) is 0 Å². The first-order chi connectivity index (χ1) is 17.4. The van der Waals surface area contributed by atoms with Gasteiger partial charge in [0, 0.05) is 22.2 Å². The second-order valence-electron chi connectivity index (χ2n) is 8.99. The van der Waals surface area contributed by atoms with Crippen LogP contribution in [0.25, 0.3) is 33.3 Å². The Bertz CT molecular complexity index is 1550. The van der Waals surface area contributed by atoms with Crippen LogP contribution < -0.4 is 4.74 Å². The summed E-state index contributed by atoms with van der Waals surface area (Å²) in [6.45, 7) is 3.61. The predicted octanol–water partition coefficient (Wildman–Crippen LogP) is 4.55. The van der Waals surface area contributed by atoms with Crippen LogP contribution in [0.2, 0.25) is 0 Å². The number of fused-ring (bicyclic) bond motifs is 2. The summed E-state index contributed by atoms with van der Waals surface area (Å²) in [7, 11) is 0. The van der Waals surface area contributed by atoms with Crippen LogP contribution in [-0.4, -0.2) is 50.3 Å². The molecule has 2 aromatic heterocycles. The smallest absolute Gasteiger partial charge is 0.168 e. The first kappa shape index (κ1) is 23.7. The fourth-order valence-corrected chi connectivity index (χ4v) is 4.40. The molecular formula is C29H27N3O4. The number of aromatic amines is 1. The maximum Gasteiger partial charge on any atom is 0.168 e. The molecule has 0 aliphatic carbocycles. The topological polar surface area (TPSA) is 108 Å². The van der Waals surface area contributed by atoms with Gasteiger partial charge in [-0.1, -0.05) is 24.3 Å². The van der Waals surface area contributed by atoms with Crippen molar-refractivity contribution in [2.24, 2.45) is 0 Å². The van der Waals surface area contributed by atoms with Gasteiger partial charge in [0.15, 0.2) is 5.78 Å². The first-order valence-electron chi connectivity index (χ1n) is 11.8. The molecule has 0 fully saturated rings. The number of ketones is 1. The second kappa shape index (κ2) is 9.89. The third-order valence-electron chi connectivity index (χ3n) is 6.20. The molecule has 7 heteroatoms. The molecule has 3 aromatic carbocycles. The van der Waals surface area contributed by atoms with E-state index in [2.05, 4.69) is 9.97 Å². The van der Waals surface area contributed by atoms with E-state index >= 15 is 0 Å². The highest BCUT2D eigenvalue weighted by Gasteiger charge is 2.15. The Morgan fingerprint density at radius 2 is 1.75 bits per heavy atom. The van der Waals surface area contributed by atoms with Gasteiger partial charge < -0.3 is 19.9 Å². The van der Waals surface area contributed by atoms with Crippen molar-refractivity contribution in [2.45, 2.75) is 26.4 Å². The van der Waals surface area contributed by atoms with Gasteiger partial charge in [0.05, 0.1) is 29.6 Å². The van der Waals surface area contributed by atoms with Crippen LogP contribution in [0.15, 0.2) is 66.7 Å². The van der Waals surface area contributed by atoms with Crippen molar-refractivity contribution in [3.8, 4) is 17.1 Å². The van der Waals surface area contributed by atoms with Gasteiger partial charge in [0.25, 0.3) is 0 Å². The van der Waals surface area contributed by atoms with Crippen LogP contribution in [0.5, 0.6) is 5.75 Å². The zero-order chi connectivity index (χ0) is 25.2. The molecule has 2 heterocycles. The number of nitrogens with one attached hydrogen (secondary N) is 1. The summed E-state index contributed by atoms with van der Waals surface area (Å²) in [5.74, 6) is 1.32. The number of nitrogens with zero attached hydrogens (tertiary/aromatic N) is 2. The number of ether oxygens (including phenoxy) is 1. The molecule has 3 N–H and O–H groups in total. The van der Waals surface area contributed by atoms with Gasteiger partial charge in [-0.15, -0.1) is 0 Å². The van der Waals surface area contributed by atoms with Crippen LogP contribution in [0.3, 0.4) is 0 Å². The second-order valence-corrected chi connectivity index (χ2v) is 8.99. The zero-order valence-electron chi connectivity index (χ0n) is 20.2. The number of imidazole rings is 1. The average molecular weight is 482 g/mol. The quantitative estimate of drug-likeness (QED) is 0.281. The Labute approximate surface area is 208 Å². The molecule has 7 nitrogen and oxygen atoms in total. The van der Waals surface area contributed by atoms with Crippen LogP contribution in [0, 0.1) is 13.8 Å². The first-order valence-corrected chi connectivity index (χ1v) is 11.8. The number of H-pyrrole nitrogens is 1. The summed E-state index contributed by atoms with van der Waals surface area (Å²) in [6.07, 6.45) is -0.697. The molecule has 0 amide bonds. The van der Waals surface area contributed by atoms with Crippen molar-refractivity contribution in [2.75, 3.05) is 13.2 Å². The maximum absolute atomic E-state index is 13.0. The molecule has 1 atom stereocenters. The number of aliphatic hydroxyl groups is 2. The fraction of sp³-hybridized carbons (Fsp3) is 0.207. The summed E-state index contributed by atoms with van der Waals surface area (Å²) in [6, 6.07) is 21.0. The SMILES string of the molecule is Cc1cc(OC[C@@H](O)CO)cc(C)c1-c1nc2ccc(C(=O)Cc3ccc4ccccc4n3)cc2[nH]1. The number of aryl methyl sites for hydroxylation is 2.